The van der Waals surface area contributed by atoms with Crippen LogP contribution in [0.25, 0.3) is 0 Å². The summed E-state index contributed by atoms with van der Waals surface area (Å²) < 4.78 is 5.00. The minimum absolute atomic E-state index is 0.207. The summed E-state index contributed by atoms with van der Waals surface area (Å²) in [4.78, 5) is 0. The monoisotopic (exact) mass is 224 g/mol. The number of benzene rings is 1. The molecule has 3 nitrogen and oxygen atoms in total. The molecule has 1 N–H and O–H groups in total. The average molecular weight is 225 g/mol. The van der Waals surface area contributed by atoms with E-state index in [1.165, 1.54) is 0 Å². The molecule has 15 heavy (non-hydrogen) atoms. The van der Waals surface area contributed by atoms with Crippen LogP contribution in [-0.4, -0.2) is 19.8 Å². The molecule has 4 heteroatoms. The standard InChI is InChI=1S/C11H13ClN2O/c1-8(7-15-2)14-10-4-3-9(6-13)11(12)5-10/h3-5,8,14H,7H2,1-2H3/t8-/m0/s1. The number of hydrogen-bond acceptors (Lipinski definition) is 3. The summed E-state index contributed by atoms with van der Waals surface area (Å²) in [7, 11) is 1.66. The highest BCUT2D eigenvalue weighted by Crippen LogP contribution is 2.20. The summed E-state index contributed by atoms with van der Waals surface area (Å²) in [5.41, 5.74) is 1.38. The first-order valence-electron chi connectivity index (χ1n) is 4.62. The van der Waals surface area contributed by atoms with Crippen molar-refractivity contribution in [3.8, 4) is 6.07 Å². The molecule has 0 bridgehead atoms. The van der Waals surface area contributed by atoms with Gasteiger partial charge in [-0.15, -0.1) is 0 Å². The molecule has 1 atom stereocenters. The number of halogens is 1. The third-order valence-corrected chi connectivity index (χ3v) is 2.23. The van der Waals surface area contributed by atoms with Crippen molar-refractivity contribution >= 4 is 17.3 Å². The Balaban J connectivity index is 2.72. The lowest BCUT2D eigenvalue weighted by Crippen LogP contribution is -2.20. The van der Waals surface area contributed by atoms with Gasteiger partial charge in [-0.3, -0.25) is 0 Å². The number of ether oxygens (including phenoxy) is 1. The number of anilines is 1. The van der Waals surface area contributed by atoms with Crippen LogP contribution in [0.4, 0.5) is 5.69 Å². The Bertz CT molecular complexity index is 373. The van der Waals surface area contributed by atoms with Crippen LogP contribution in [0.1, 0.15) is 12.5 Å². The Morgan fingerprint density at radius 2 is 2.33 bits per heavy atom. The Hall–Kier alpha value is -1.24. The van der Waals surface area contributed by atoms with E-state index in [4.69, 9.17) is 21.6 Å². The van der Waals surface area contributed by atoms with E-state index in [0.29, 0.717) is 17.2 Å². The largest absolute Gasteiger partial charge is 0.383 e. The molecule has 0 aliphatic carbocycles. The molecule has 1 aromatic rings. The fraction of sp³-hybridized carbons (Fsp3) is 0.364. The second-order valence-corrected chi connectivity index (χ2v) is 3.71. The Morgan fingerprint density at radius 3 is 2.87 bits per heavy atom. The predicted octanol–water partition coefficient (Wildman–Crippen LogP) is 2.66. The van der Waals surface area contributed by atoms with E-state index in [1.54, 1.807) is 19.2 Å². The molecule has 0 aromatic heterocycles. The lowest BCUT2D eigenvalue weighted by atomic mass is 10.2. The zero-order valence-corrected chi connectivity index (χ0v) is 9.51. The molecule has 1 rings (SSSR count). The summed E-state index contributed by atoms with van der Waals surface area (Å²) in [6.45, 7) is 2.63. The molecule has 0 amide bonds. The van der Waals surface area contributed by atoms with Gasteiger partial charge in [-0.25, -0.2) is 0 Å². The number of nitriles is 1. The number of hydrogen-bond donors (Lipinski definition) is 1. The second kappa shape index (κ2) is 5.59. The molecule has 0 saturated heterocycles. The first-order chi connectivity index (χ1) is 7.17. The molecule has 0 heterocycles. The minimum atomic E-state index is 0.207. The fourth-order valence-corrected chi connectivity index (χ4v) is 1.49. The van der Waals surface area contributed by atoms with Gasteiger partial charge in [0.15, 0.2) is 0 Å². The van der Waals surface area contributed by atoms with Gasteiger partial charge in [0.2, 0.25) is 0 Å². The van der Waals surface area contributed by atoms with Crippen molar-refractivity contribution in [3.05, 3.63) is 28.8 Å². The highest BCUT2D eigenvalue weighted by atomic mass is 35.5. The highest BCUT2D eigenvalue weighted by molar-refractivity contribution is 6.32. The zero-order valence-electron chi connectivity index (χ0n) is 8.75. The van der Waals surface area contributed by atoms with Gasteiger partial charge in [0.1, 0.15) is 6.07 Å². The van der Waals surface area contributed by atoms with E-state index >= 15 is 0 Å². The van der Waals surface area contributed by atoms with Gasteiger partial charge in [-0.2, -0.15) is 5.26 Å². The SMILES string of the molecule is COC[C@H](C)Nc1ccc(C#N)c(Cl)c1. The molecule has 0 aliphatic rings. The van der Waals surface area contributed by atoms with E-state index in [1.807, 2.05) is 19.1 Å². The number of nitrogens with zero attached hydrogens (tertiary/aromatic N) is 1. The van der Waals surface area contributed by atoms with Gasteiger partial charge in [-0.05, 0) is 25.1 Å². The number of rotatable bonds is 4. The maximum Gasteiger partial charge on any atom is 0.101 e. The van der Waals surface area contributed by atoms with Gasteiger partial charge in [0, 0.05) is 18.8 Å². The number of methoxy groups -OCH3 is 1. The normalized spacial score (nSPS) is 11.9. The lowest BCUT2D eigenvalue weighted by Gasteiger charge is -2.14. The molecule has 80 valence electrons. The van der Waals surface area contributed by atoms with Crippen molar-refractivity contribution in [2.45, 2.75) is 13.0 Å². The zero-order chi connectivity index (χ0) is 11.3. The summed E-state index contributed by atoms with van der Waals surface area (Å²) in [5, 5.41) is 12.4. The van der Waals surface area contributed by atoms with Crippen LogP contribution < -0.4 is 5.32 Å². The highest BCUT2D eigenvalue weighted by Gasteiger charge is 2.04. The molecule has 0 aliphatic heterocycles. The fourth-order valence-electron chi connectivity index (χ4n) is 1.27. The van der Waals surface area contributed by atoms with Crippen LogP contribution in [0.15, 0.2) is 18.2 Å². The molecular weight excluding hydrogens is 212 g/mol. The van der Waals surface area contributed by atoms with Crippen molar-refractivity contribution in [1.29, 1.82) is 5.26 Å². The van der Waals surface area contributed by atoms with Crippen molar-refractivity contribution in [1.82, 2.24) is 0 Å². The first kappa shape index (κ1) is 11.8. The molecule has 0 saturated carbocycles. The Morgan fingerprint density at radius 1 is 1.60 bits per heavy atom. The van der Waals surface area contributed by atoms with Crippen LogP contribution >= 0.6 is 11.6 Å². The van der Waals surface area contributed by atoms with E-state index in [-0.39, 0.29) is 6.04 Å². The quantitative estimate of drug-likeness (QED) is 0.855. The third-order valence-electron chi connectivity index (χ3n) is 1.92. The van der Waals surface area contributed by atoms with Crippen LogP contribution in [0.3, 0.4) is 0 Å². The number of nitrogens with one attached hydrogen (secondary N) is 1. The van der Waals surface area contributed by atoms with Gasteiger partial charge in [0.25, 0.3) is 0 Å². The van der Waals surface area contributed by atoms with Crippen LogP contribution in [-0.2, 0) is 4.74 Å². The summed E-state index contributed by atoms with van der Waals surface area (Å²) in [6.07, 6.45) is 0. The predicted molar refractivity (Wildman–Crippen MR) is 61.1 cm³/mol. The first-order valence-corrected chi connectivity index (χ1v) is 5.00. The molecular formula is C11H13ClN2O. The third kappa shape index (κ3) is 3.43. The summed E-state index contributed by atoms with van der Waals surface area (Å²) in [6, 6.07) is 7.49. The molecule has 0 radical (unpaired) electrons. The van der Waals surface area contributed by atoms with Crippen molar-refractivity contribution in [2.24, 2.45) is 0 Å². The minimum Gasteiger partial charge on any atom is -0.383 e. The maximum absolute atomic E-state index is 8.70. The Labute approximate surface area is 94.6 Å². The summed E-state index contributed by atoms with van der Waals surface area (Å²) >= 11 is 5.90. The molecule has 1 aromatic carbocycles. The van der Waals surface area contributed by atoms with Crippen LogP contribution in [0.5, 0.6) is 0 Å². The lowest BCUT2D eigenvalue weighted by molar-refractivity contribution is 0.190. The van der Waals surface area contributed by atoms with Crippen LogP contribution in [0, 0.1) is 11.3 Å². The van der Waals surface area contributed by atoms with E-state index < -0.39 is 0 Å². The summed E-state index contributed by atoms with van der Waals surface area (Å²) in [5.74, 6) is 0. The van der Waals surface area contributed by atoms with E-state index in [2.05, 4.69) is 5.32 Å². The van der Waals surface area contributed by atoms with Gasteiger partial charge >= 0.3 is 0 Å². The molecule has 0 spiro atoms. The van der Waals surface area contributed by atoms with Crippen molar-refractivity contribution in [2.75, 3.05) is 19.0 Å². The maximum atomic E-state index is 8.70. The van der Waals surface area contributed by atoms with Crippen molar-refractivity contribution in [3.63, 3.8) is 0 Å². The van der Waals surface area contributed by atoms with Gasteiger partial charge in [0.05, 0.1) is 17.2 Å². The Kier molecular flexibility index (Phi) is 4.41. The molecule has 0 fully saturated rings. The molecule has 0 unspecified atom stereocenters. The van der Waals surface area contributed by atoms with Crippen molar-refractivity contribution < 1.29 is 4.74 Å². The van der Waals surface area contributed by atoms with Crippen LogP contribution in [0.2, 0.25) is 5.02 Å². The topological polar surface area (TPSA) is 45.0 Å². The average Bonchev–Trinajstić information content (AvgIpc) is 2.18. The second-order valence-electron chi connectivity index (χ2n) is 3.31. The van der Waals surface area contributed by atoms with E-state index in [9.17, 15) is 0 Å². The van der Waals surface area contributed by atoms with Gasteiger partial charge in [-0.1, -0.05) is 11.6 Å². The van der Waals surface area contributed by atoms with E-state index in [0.717, 1.165) is 5.69 Å². The van der Waals surface area contributed by atoms with Gasteiger partial charge < -0.3 is 10.1 Å². The smallest absolute Gasteiger partial charge is 0.101 e.